The first-order valence-corrected chi connectivity index (χ1v) is 6.19. The summed E-state index contributed by atoms with van der Waals surface area (Å²) in [5.74, 6) is -0.884. The van der Waals surface area contributed by atoms with Gasteiger partial charge in [0.1, 0.15) is 10.7 Å². The molecule has 3 nitrogen and oxygen atoms in total. The first-order valence-electron chi connectivity index (χ1n) is 3.68. The number of hydrogen-bond acceptors (Lipinski definition) is 2. The molecule has 0 heterocycles. The molecule has 0 radical (unpaired) electrons. The van der Waals surface area contributed by atoms with Crippen molar-refractivity contribution in [1.82, 2.24) is 0 Å². The van der Waals surface area contributed by atoms with E-state index in [1.165, 1.54) is 6.92 Å². The van der Waals surface area contributed by atoms with E-state index in [-0.39, 0.29) is 5.56 Å². The van der Waals surface area contributed by atoms with Crippen molar-refractivity contribution in [3.05, 3.63) is 26.6 Å². The van der Waals surface area contributed by atoms with Gasteiger partial charge in [-0.1, -0.05) is 0 Å². The van der Waals surface area contributed by atoms with E-state index in [1.807, 2.05) is 22.6 Å². The zero-order valence-corrected chi connectivity index (χ0v) is 10.5. The van der Waals surface area contributed by atoms with Crippen LogP contribution in [0.1, 0.15) is 11.1 Å². The van der Waals surface area contributed by atoms with Gasteiger partial charge in [-0.3, -0.25) is 4.55 Å². The van der Waals surface area contributed by atoms with E-state index in [0.717, 1.165) is 6.07 Å². The van der Waals surface area contributed by atoms with Crippen LogP contribution in [0.3, 0.4) is 0 Å². The lowest BCUT2D eigenvalue weighted by Crippen LogP contribution is -2.05. The minimum absolute atomic E-state index is 0.240. The average Bonchev–Trinajstić information content (AvgIpc) is 2.06. The fourth-order valence-corrected chi connectivity index (χ4v) is 2.58. The molecule has 1 aromatic carbocycles. The van der Waals surface area contributed by atoms with Crippen molar-refractivity contribution in [2.75, 3.05) is 0 Å². The van der Waals surface area contributed by atoms with E-state index in [1.54, 1.807) is 6.92 Å². The molecule has 0 unspecified atom stereocenters. The summed E-state index contributed by atoms with van der Waals surface area (Å²) in [6, 6.07) is 1.12. The maximum atomic E-state index is 13.4. The lowest BCUT2D eigenvalue weighted by atomic mass is 10.1. The second-order valence-electron chi connectivity index (χ2n) is 2.90. The summed E-state index contributed by atoms with van der Waals surface area (Å²) in [6.45, 7) is 3.16. The van der Waals surface area contributed by atoms with Crippen molar-refractivity contribution in [2.45, 2.75) is 18.7 Å². The number of benzene rings is 1. The topological polar surface area (TPSA) is 54.4 Å². The molecule has 6 heteroatoms. The van der Waals surface area contributed by atoms with Crippen molar-refractivity contribution in [1.29, 1.82) is 0 Å². The molecule has 0 saturated heterocycles. The largest absolute Gasteiger partial charge is 0.297 e. The van der Waals surface area contributed by atoms with Crippen molar-refractivity contribution in [3.8, 4) is 0 Å². The van der Waals surface area contributed by atoms with Crippen LogP contribution in [0.4, 0.5) is 4.39 Å². The monoisotopic (exact) mass is 330 g/mol. The summed E-state index contributed by atoms with van der Waals surface area (Å²) < 4.78 is 44.3. The summed E-state index contributed by atoms with van der Waals surface area (Å²) >= 11 is 1.89. The van der Waals surface area contributed by atoms with Gasteiger partial charge >= 0.3 is 0 Å². The lowest BCUT2D eigenvalue weighted by Gasteiger charge is -2.07. The fourth-order valence-electron chi connectivity index (χ4n) is 1.00. The average molecular weight is 330 g/mol. The van der Waals surface area contributed by atoms with Gasteiger partial charge in [-0.15, -0.1) is 0 Å². The molecule has 0 aliphatic heterocycles. The zero-order valence-electron chi connectivity index (χ0n) is 7.51. The summed E-state index contributed by atoms with van der Waals surface area (Å²) in [5, 5.41) is 0. The summed E-state index contributed by atoms with van der Waals surface area (Å²) in [7, 11) is -4.48. The molecule has 0 spiro atoms. The highest BCUT2D eigenvalue weighted by Gasteiger charge is 2.20. The number of hydrogen-bond donors (Lipinski definition) is 1. The van der Waals surface area contributed by atoms with Crippen LogP contribution in [-0.4, -0.2) is 13.0 Å². The van der Waals surface area contributed by atoms with Gasteiger partial charge in [0.25, 0.3) is 10.1 Å². The van der Waals surface area contributed by atoms with Crippen LogP contribution < -0.4 is 0 Å². The first kappa shape index (κ1) is 11.9. The quantitative estimate of drug-likeness (QED) is 0.635. The van der Waals surface area contributed by atoms with Gasteiger partial charge < -0.3 is 0 Å². The molecule has 0 atom stereocenters. The van der Waals surface area contributed by atoms with Crippen LogP contribution >= 0.6 is 22.6 Å². The number of rotatable bonds is 1. The van der Waals surface area contributed by atoms with E-state index in [9.17, 15) is 12.8 Å². The Labute approximate surface area is 95.2 Å². The van der Waals surface area contributed by atoms with Crippen molar-refractivity contribution in [2.24, 2.45) is 0 Å². The Bertz CT molecular complexity index is 482. The lowest BCUT2D eigenvalue weighted by molar-refractivity contribution is 0.472. The minimum atomic E-state index is -4.48. The van der Waals surface area contributed by atoms with Gasteiger partial charge in [0.05, 0.1) is 0 Å². The summed E-state index contributed by atoms with van der Waals surface area (Å²) in [4.78, 5) is -0.662. The molecule has 0 amide bonds. The van der Waals surface area contributed by atoms with Crippen LogP contribution in [0.2, 0.25) is 0 Å². The van der Waals surface area contributed by atoms with Gasteiger partial charge in [0.15, 0.2) is 0 Å². The third-order valence-corrected chi connectivity index (χ3v) is 3.98. The highest BCUT2D eigenvalue weighted by atomic mass is 127. The third kappa shape index (κ3) is 2.06. The second-order valence-corrected chi connectivity index (χ2v) is 5.45. The van der Waals surface area contributed by atoms with Gasteiger partial charge in [0, 0.05) is 3.57 Å². The maximum absolute atomic E-state index is 13.4. The van der Waals surface area contributed by atoms with Gasteiger partial charge in [-0.2, -0.15) is 8.42 Å². The Morgan fingerprint density at radius 2 is 1.86 bits per heavy atom. The Morgan fingerprint density at radius 3 is 2.29 bits per heavy atom. The predicted octanol–water partition coefficient (Wildman–Crippen LogP) is 2.29. The molecule has 0 aliphatic rings. The molecule has 0 bridgehead atoms. The smallest absolute Gasteiger partial charge is 0.282 e. The maximum Gasteiger partial charge on any atom is 0.297 e. The number of halogens is 2. The van der Waals surface area contributed by atoms with E-state index >= 15 is 0 Å². The van der Waals surface area contributed by atoms with Crippen LogP contribution in [0.15, 0.2) is 11.0 Å². The van der Waals surface area contributed by atoms with Crippen molar-refractivity contribution >= 4 is 32.7 Å². The molecule has 0 aromatic heterocycles. The highest BCUT2D eigenvalue weighted by Crippen LogP contribution is 2.25. The molecule has 0 fully saturated rings. The molecule has 0 aliphatic carbocycles. The Morgan fingerprint density at radius 1 is 1.36 bits per heavy atom. The summed E-state index contributed by atoms with van der Waals surface area (Å²) in [6.07, 6.45) is 0. The van der Waals surface area contributed by atoms with E-state index in [0.29, 0.717) is 9.13 Å². The molecule has 0 saturated carbocycles. The van der Waals surface area contributed by atoms with Crippen molar-refractivity contribution in [3.63, 3.8) is 0 Å². The molecule has 78 valence electrons. The Kier molecular flexibility index (Phi) is 3.17. The second kappa shape index (κ2) is 3.74. The zero-order chi connectivity index (χ0) is 11.1. The standard InChI is InChI=1S/C8H8FIO3S/c1-4-5(2)8(9)7(3-6(4)10)14(11,12)13/h3H,1-2H3,(H,11,12,13). The predicted molar refractivity (Wildman–Crippen MR) is 58.4 cm³/mol. The highest BCUT2D eigenvalue weighted by molar-refractivity contribution is 14.1. The normalized spacial score (nSPS) is 11.8. The minimum Gasteiger partial charge on any atom is -0.282 e. The van der Waals surface area contributed by atoms with Crippen LogP contribution in [-0.2, 0) is 10.1 Å². The SMILES string of the molecule is Cc1c(I)cc(S(=O)(=O)O)c(F)c1C. The molecule has 1 N–H and O–H groups in total. The fraction of sp³-hybridized carbons (Fsp3) is 0.250. The molecule has 1 rings (SSSR count). The van der Waals surface area contributed by atoms with Crippen LogP contribution in [0.25, 0.3) is 0 Å². The van der Waals surface area contributed by atoms with E-state index in [2.05, 4.69) is 0 Å². The molecular weight excluding hydrogens is 322 g/mol. The molecule has 14 heavy (non-hydrogen) atoms. The van der Waals surface area contributed by atoms with Gasteiger partial charge in [0.2, 0.25) is 0 Å². The third-order valence-electron chi connectivity index (χ3n) is 2.00. The van der Waals surface area contributed by atoms with E-state index in [4.69, 9.17) is 4.55 Å². The van der Waals surface area contributed by atoms with Gasteiger partial charge in [-0.05, 0) is 53.6 Å². The first-order chi connectivity index (χ1) is 6.25. The van der Waals surface area contributed by atoms with E-state index < -0.39 is 20.8 Å². The Hall–Kier alpha value is -0.210. The molecular formula is C8H8FIO3S. The summed E-state index contributed by atoms with van der Waals surface area (Å²) in [5.41, 5.74) is 0.917. The van der Waals surface area contributed by atoms with Gasteiger partial charge in [-0.25, -0.2) is 4.39 Å². The van der Waals surface area contributed by atoms with Crippen LogP contribution in [0, 0.1) is 23.2 Å². The Balaban J connectivity index is 3.66. The van der Waals surface area contributed by atoms with Crippen LogP contribution in [0.5, 0.6) is 0 Å². The molecule has 1 aromatic rings. The van der Waals surface area contributed by atoms with Crippen molar-refractivity contribution < 1.29 is 17.4 Å².